The highest BCUT2D eigenvalue weighted by Crippen LogP contribution is 2.44. The third kappa shape index (κ3) is 3.38. The van der Waals surface area contributed by atoms with E-state index in [1.807, 2.05) is 18.2 Å². The van der Waals surface area contributed by atoms with Gasteiger partial charge in [-0.3, -0.25) is 9.59 Å². The first-order valence-electron chi connectivity index (χ1n) is 7.23. The summed E-state index contributed by atoms with van der Waals surface area (Å²) in [7, 11) is 0. The van der Waals surface area contributed by atoms with Gasteiger partial charge < -0.3 is 10.4 Å². The number of carboxylic acids is 1. The Morgan fingerprint density at radius 1 is 1.43 bits per heavy atom. The first-order valence-corrected chi connectivity index (χ1v) is 7.61. The number of hydrogen-bond donors (Lipinski definition) is 2. The van der Waals surface area contributed by atoms with E-state index in [0.29, 0.717) is 18.0 Å². The van der Waals surface area contributed by atoms with Crippen molar-refractivity contribution in [3.63, 3.8) is 0 Å². The van der Waals surface area contributed by atoms with E-state index in [0.717, 1.165) is 24.8 Å². The van der Waals surface area contributed by atoms with Crippen LogP contribution in [0.2, 0.25) is 5.02 Å². The number of halogens is 1. The van der Waals surface area contributed by atoms with Gasteiger partial charge in [0.25, 0.3) is 0 Å². The number of aliphatic carboxylic acids is 1. The van der Waals surface area contributed by atoms with Crippen LogP contribution in [0.4, 0.5) is 0 Å². The predicted octanol–water partition coefficient (Wildman–Crippen LogP) is 2.99. The molecule has 1 aliphatic rings. The molecule has 1 fully saturated rings. The van der Waals surface area contributed by atoms with Crippen molar-refractivity contribution in [3.8, 4) is 0 Å². The zero-order chi connectivity index (χ0) is 15.5. The van der Waals surface area contributed by atoms with Gasteiger partial charge in [0.2, 0.25) is 5.91 Å². The third-order valence-corrected chi connectivity index (χ3v) is 4.54. The second kappa shape index (κ2) is 6.48. The summed E-state index contributed by atoms with van der Waals surface area (Å²) in [5.41, 5.74) is 0.460. The molecule has 0 radical (unpaired) electrons. The van der Waals surface area contributed by atoms with Crippen LogP contribution in [-0.2, 0) is 15.0 Å². The molecule has 0 spiro atoms. The van der Waals surface area contributed by atoms with E-state index in [9.17, 15) is 9.59 Å². The van der Waals surface area contributed by atoms with Crippen LogP contribution in [0, 0.1) is 5.92 Å². The standard InChI is InChI=1S/C16H20ClNO3/c1-11(14(19)20)6-9-18-15(21)16(7-3-8-16)12-4-2-5-13(17)10-12/h2,4-5,10-11H,3,6-9H2,1H3,(H,18,21)(H,19,20). The van der Waals surface area contributed by atoms with Gasteiger partial charge in [-0.2, -0.15) is 0 Å². The van der Waals surface area contributed by atoms with E-state index in [2.05, 4.69) is 5.32 Å². The normalized spacial score (nSPS) is 17.6. The van der Waals surface area contributed by atoms with Gasteiger partial charge in [0, 0.05) is 11.6 Å². The van der Waals surface area contributed by atoms with Crippen molar-refractivity contribution in [1.29, 1.82) is 0 Å². The Balaban J connectivity index is 2.00. The number of benzene rings is 1. The molecule has 0 heterocycles. The molecule has 0 saturated heterocycles. The maximum Gasteiger partial charge on any atom is 0.306 e. The van der Waals surface area contributed by atoms with Gasteiger partial charge in [0.05, 0.1) is 11.3 Å². The summed E-state index contributed by atoms with van der Waals surface area (Å²) in [6, 6.07) is 7.44. The van der Waals surface area contributed by atoms with Crippen molar-refractivity contribution in [2.24, 2.45) is 5.92 Å². The van der Waals surface area contributed by atoms with Crippen LogP contribution in [0.15, 0.2) is 24.3 Å². The van der Waals surface area contributed by atoms with Gasteiger partial charge in [-0.1, -0.05) is 37.1 Å². The zero-order valence-electron chi connectivity index (χ0n) is 12.1. The maximum absolute atomic E-state index is 12.5. The van der Waals surface area contributed by atoms with E-state index in [-0.39, 0.29) is 5.91 Å². The first-order chi connectivity index (χ1) is 9.95. The second-order valence-electron chi connectivity index (χ2n) is 5.73. The molecule has 0 aromatic heterocycles. The third-order valence-electron chi connectivity index (χ3n) is 4.30. The lowest BCUT2D eigenvalue weighted by molar-refractivity contribution is -0.141. The highest BCUT2D eigenvalue weighted by Gasteiger charge is 2.45. The molecule has 5 heteroatoms. The zero-order valence-corrected chi connectivity index (χ0v) is 12.8. The largest absolute Gasteiger partial charge is 0.481 e. The number of carboxylic acid groups (broad SMARTS) is 1. The van der Waals surface area contributed by atoms with E-state index in [1.165, 1.54) is 0 Å². The van der Waals surface area contributed by atoms with Crippen LogP contribution >= 0.6 is 11.6 Å². The lowest BCUT2D eigenvalue weighted by Crippen LogP contribution is -2.49. The Labute approximate surface area is 129 Å². The van der Waals surface area contributed by atoms with Crippen molar-refractivity contribution in [2.75, 3.05) is 6.54 Å². The SMILES string of the molecule is CC(CCNC(=O)C1(c2cccc(Cl)c2)CCC1)C(=O)O. The summed E-state index contributed by atoms with van der Waals surface area (Å²) < 4.78 is 0. The molecule has 1 aromatic rings. The average Bonchev–Trinajstić information content (AvgIpc) is 2.37. The molecule has 2 rings (SSSR count). The Morgan fingerprint density at radius 2 is 2.14 bits per heavy atom. The number of rotatable bonds is 6. The molecular weight excluding hydrogens is 290 g/mol. The molecule has 21 heavy (non-hydrogen) atoms. The molecule has 1 amide bonds. The topological polar surface area (TPSA) is 66.4 Å². The Bertz CT molecular complexity index is 540. The molecule has 4 nitrogen and oxygen atoms in total. The van der Waals surface area contributed by atoms with Crippen LogP contribution in [0.1, 0.15) is 38.2 Å². The van der Waals surface area contributed by atoms with Crippen molar-refractivity contribution >= 4 is 23.5 Å². The molecule has 1 unspecified atom stereocenters. The summed E-state index contributed by atoms with van der Waals surface area (Å²) in [6.45, 7) is 2.03. The minimum atomic E-state index is -0.836. The fourth-order valence-electron chi connectivity index (χ4n) is 2.66. The number of hydrogen-bond acceptors (Lipinski definition) is 2. The van der Waals surface area contributed by atoms with Crippen molar-refractivity contribution in [2.45, 2.75) is 38.0 Å². The van der Waals surface area contributed by atoms with Crippen LogP contribution < -0.4 is 5.32 Å². The monoisotopic (exact) mass is 309 g/mol. The van der Waals surface area contributed by atoms with Gasteiger partial charge in [-0.25, -0.2) is 0 Å². The molecule has 2 N–H and O–H groups in total. The molecule has 1 atom stereocenters. The summed E-state index contributed by atoms with van der Waals surface area (Å²) in [6.07, 6.45) is 3.08. The fourth-order valence-corrected chi connectivity index (χ4v) is 2.85. The minimum Gasteiger partial charge on any atom is -0.481 e. The van der Waals surface area contributed by atoms with Crippen molar-refractivity contribution in [1.82, 2.24) is 5.32 Å². The molecule has 114 valence electrons. The molecule has 1 aliphatic carbocycles. The first kappa shape index (κ1) is 15.8. The fraction of sp³-hybridized carbons (Fsp3) is 0.500. The maximum atomic E-state index is 12.5. The van der Waals surface area contributed by atoms with E-state index in [1.54, 1.807) is 13.0 Å². The van der Waals surface area contributed by atoms with Gasteiger partial charge in [0.15, 0.2) is 0 Å². The summed E-state index contributed by atoms with van der Waals surface area (Å²) >= 11 is 6.02. The predicted molar refractivity (Wildman–Crippen MR) is 81.4 cm³/mol. The Morgan fingerprint density at radius 3 is 2.67 bits per heavy atom. The van der Waals surface area contributed by atoms with Gasteiger partial charge >= 0.3 is 5.97 Å². The van der Waals surface area contributed by atoms with E-state index in [4.69, 9.17) is 16.7 Å². The van der Waals surface area contributed by atoms with Gasteiger partial charge in [0.1, 0.15) is 0 Å². The van der Waals surface area contributed by atoms with Gasteiger partial charge in [-0.15, -0.1) is 0 Å². The molecular formula is C16H20ClNO3. The molecule has 1 aromatic carbocycles. The lowest BCUT2D eigenvalue weighted by atomic mass is 9.64. The highest BCUT2D eigenvalue weighted by molar-refractivity contribution is 6.30. The number of carbonyl (C=O) groups excluding carboxylic acids is 1. The quantitative estimate of drug-likeness (QED) is 0.849. The summed E-state index contributed by atoms with van der Waals surface area (Å²) in [5.74, 6) is -1.31. The summed E-state index contributed by atoms with van der Waals surface area (Å²) in [4.78, 5) is 23.3. The number of amides is 1. The number of nitrogens with one attached hydrogen (secondary N) is 1. The van der Waals surface area contributed by atoms with Crippen LogP contribution in [0.3, 0.4) is 0 Å². The van der Waals surface area contributed by atoms with Crippen molar-refractivity contribution in [3.05, 3.63) is 34.9 Å². The van der Waals surface area contributed by atoms with E-state index < -0.39 is 17.3 Å². The van der Waals surface area contributed by atoms with Crippen LogP contribution in [0.5, 0.6) is 0 Å². The number of carbonyl (C=O) groups is 2. The van der Waals surface area contributed by atoms with Gasteiger partial charge in [-0.05, 0) is 37.0 Å². The molecule has 1 saturated carbocycles. The second-order valence-corrected chi connectivity index (χ2v) is 6.17. The van der Waals surface area contributed by atoms with Crippen molar-refractivity contribution < 1.29 is 14.7 Å². The average molecular weight is 310 g/mol. The minimum absolute atomic E-state index is 0.0198. The smallest absolute Gasteiger partial charge is 0.306 e. The van der Waals surface area contributed by atoms with Crippen LogP contribution in [0.25, 0.3) is 0 Å². The Hall–Kier alpha value is -1.55. The highest BCUT2D eigenvalue weighted by atomic mass is 35.5. The van der Waals surface area contributed by atoms with E-state index >= 15 is 0 Å². The lowest BCUT2D eigenvalue weighted by Gasteiger charge is -2.40. The summed E-state index contributed by atoms with van der Waals surface area (Å²) in [5, 5.41) is 12.4. The molecule has 0 aliphatic heterocycles. The van der Waals surface area contributed by atoms with Crippen LogP contribution in [-0.4, -0.2) is 23.5 Å². The Kier molecular flexibility index (Phi) is 4.88. The molecule has 0 bridgehead atoms.